The van der Waals surface area contributed by atoms with Crippen LogP contribution in [0.15, 0.2) is 53.9 Å². The molecule has 1 atom stereocenters. The Morgan fingerprint density at radius 3 is 2.70 bits per heavy atom. The molecule has 0 radical (unpaired) electrons. The Balaban J connectivity index is 1.79. The summed E-state index contributed by atoms with van der Waals surface area (Å²) in [5.74, 6) is 1.17. The summed E-state index contributed by atoms with van der Waals surface area (Å²) in [6.07, 6.45) is 6.13. The predicted molar refractivity (Wildman–Crippen MR) is 116 cm³/mol. The smallest absolute Gasteiger partial charge is 0.247 e. The molecule has 3 aromatic rings. The number of benzene rings is 1. The number of unbranched alkanes of at least 4 members (excludes halogenated alkanes) is 2. The number of hydrogen-bond donors (Lipinski definition) is 0. The first-order valence-electron chi connectivity index (χ1n) is 10.0. The number of pyridine rings is 1. The van der Waals surface area contributed by atoms with Crippen molar-refractivity contribution in [3.05, 3.63) is 54.4 Å². The summed E-state index contributed by atoms with van der Waals surface area (Å²) in [6, 6.07) is 11.3. The van der Waals surface area contributed by atoms with E-state index in [4.69, 9.17) is 4.74 Å². The van der Waals surface area contributed by atoms with Gasteiger partial charge in [-0.2, -0.15) is 4.98 Å². The summed E-state index contributed by atoms with van der Waals surface area (Å²) in [7, 11) is 0. The van der Waals surface area contributed by atoms with Crippen LogP contribution in [0.1, 0.15) is 44.9 Å². The number of para-hydroxylation sites is 1. The van der Waals surface area contributed by atoms with E-state index >= 15 is 0 Å². The number of fused-ring (bicyclic) bond motifs is 3. The number of ether oxygens (including phenoxy) is 1. The molecule has 0 saturated carbocycles. The Morgan fingerprint density at radius 1 is 1.13 bits per heavy atom. The summed E-state index contributed by atoms with van der Waals surface area (Å²) >= 11 is 1.57. The highest BCUT2D eigenvalue weighted by molar-refractivity contribution is 7.99. The molecule has 3 heterocycles. The lowest BCUT2D eigenvalue weighted by Gasteiger charge is -2.29. The van der Waals surface area contributed by atoms with Gasteiger partial charge in [0.25, 0.3) is 0 Å². The maximum absolute atomic E-state index is 12.7. The van der Waals surface area contributed by atoms with Gasteiger partial charge in [0.05, 0.1) is 5.69 Å². The zero-order valence-electron chi connectivity index (χ0n) is 17.0. The largest absolute Gasteiger partial charge is 0.447 e. The van der Waals surface area contributed by atoms with Crippen molar-refractivity contribution >= 4 is 23.4 Å². The van der Waals surface area contributed by atoms with Gasteiger partial charge in [-0.3, -0.25) is 14.7 Å². The van der Waals surface area contributed by atoms with Gasteiger partial charge in [-0.15, -0.1) is 10.2 Å². The van der Waals surface area contributed by atoms with Gasteiger partial charge in [0.2, 0.25) is 23.2 Å². The Kier molecular flexibility index (Phi) is 6.23. The van der Waals surface area contributed by atoms with E-state index in [0.29, 0.717) is 22.4 Å². The van der Waals surface area contributed by atoms with Crippen molar-refractivity contribution in [2.75, 3.05) is 10.7 Å². The molecule has 2 aromatic heterocycles. The first-order valence-corrected chi connectivity index (χ1v) is 11.0. The number of thioether (sulfide) groups is 1. The molecule has 0 spiro atoms. The molecule has 0 fully saturated rings. The van der Waals surface area contributed by atoms with E-state index in [0.717, 1.165) is 29.7 Å². The molecule has 0 saturated heterocycles. The Hall–Kier alpha value is -3.00. The number of aromatic nitrogens is 4. The fourth-order valence-corrected chi connectivity index (χ4v) is 4.15. The van der Waals surface area contributed by atoms with Gasteiger partial charge in [-0.25, -0.2) is 0 Å². The van der Waals surface area contributed by atoms with Crippen molar-refractivity contribution in [2.24, 2.45) is 0 Å². The van der Waals surface area contributed by atoms with E-state index in [1.165, 1.54) is 13.3 Å². The summed E-state index contributed by atoms with van der Waals surface area (Å²) in [5, 5.41) is 9.31. The molecule has 7 nitrogen and oxygen atoms in total. The normalized spacial score (nSPS) is 15.0. The monoisotopic (exact) mass is 421 g/mol. The third-order valence-corrected chi connectivity index (χ3v) is 5.75. The van der Waals surface area contributed by atoms with Gasteiger partial charge in [0.1, 0.15) is 0 Å². The lowest BCUT2D eigenvalue weighted by atomic mass is 10.1. The number of carbonyl (C=O) groups excluding carboxylic acids is 1. The molecule has 0 unspecified atom stereocenters. The number of anilines is 1. The lowest BCUT2D eigenvalue weighted by molar-refractivity contribution is -0.118. The van der Waals surface area contributed by atoms with Crippen molar-refractivity contribution in [2.45, 2.75) is 44.5 Å². The van der Waals surface area contributed by atoms with Crippen LogP contribution in [0, 0.1) is 0 Å². The molecular formula is C22H23N5O2S. The number of nitrogens with zero attached hydrogens (tertiary/aromatic N) is 5. The minimum Gasteiger partial charge on any atom is -0.447 e. The maximum atomic E-state index is 12.7. The van der Waals surface area contributed by atoms with Gasteiger partial charge in [-0.1, -0.05) is 49.7 Å². The molecular weight excluding hydrogens is 398 g/mol. The molecule has 1 aliphatic heterocycles. The van der Waals surface area contributed by atoms with E-state index in [1.807, 2.05) is 36.4 Å². The molecule has 1 amide bonds. The van der Waals surface area contributed by atoms with Crippen LogP contribution in [-0.2, 0) is 4.79 Å². The summed E-state index contributed by atoms with van der Waals surface area (Å²) in [4.78, 5) is 23.1. The van der Waals surface area contributed by atoms with Crippen molar-refractivity contribution in [3.8, 4) is 17.1 Å². The number of rotatable bonds is 6. The Labute approximate surface area is 179 Å². The van der Waals surface area contributed by atoms with Gasteiger partial charge in [0.15, 0.2) is 5.69 Å². The molecule has 154 valence electrons. The van der Waals surface area contributed by atoms with Crippen LogP contribution in [-0.4, -0.2) is 31.8 Å². The zero-order valence-corrected chi connectivity index (χ0v) is 17.8. The van der Waals surface area contributed by atoms with Crippen LogP contribution in [0.3, 0.4) is 0 Å². The highest BCUT2D eigenvalue weighted by Crippen LogP contribution is 2.43. The van der Waals surface area contributed by atoms with Gasteiger partial charge < -0.3 is 4.74 Å². The average Bonchev–Trinajstić information content (AvgIpc) is 2.91. The van der Waals surface area contributed by atoms with Gasteiger partial charge in [-0.05, 0) is 24.6 Å². The number of hydrogen-bond acceptors (Lipinski definition) is 7. The van der Waals surface area contributed by atoms with Crippen LogP contribution >= 0.6 is 11.8 Å². The zero-order chi connectivity index (χ0) is 20.9. The van der Waals surface area contributed by atoms with E-state index in [-0.39, 0.29) is 5.91 Å². The first kappa shape index (κ1) is 20.3. The van der Waals surface area contributed by atoms with E-state index in [1.54, 1.807) is 29.1 Å². The van der Waals surface area contributed by atoms with Crippen LogP contribution in [0.5, 0.6) is 5.88 Å². The average molecular weight is 422 g/mol. The molecule has 0 aliphatic carbocycles. The number of amides is 1. The minimum atomic E-state index is -0.678. The molecule has 1 aromatic carbocycles. The Morgan fingerprint density at radius 2 is 1.93 bits per heavy atom. The Bertz CT molecular complexity index is 1030. The maximum Gasteiger partial charge on any atom is 0.247 e. The van der Waals surface area contributed by atoms with E-state index in [2.05, 4.69) is 27.1 Å². The molecule has 30 heavy (non-hydrogen) atoms. The van der Waals surface area contributed by atoms with Crippen LogP contribution in [0.4, 0.5) is 5.69 Å². The van der Waals surface area contributed by atoms with Crippen molar-refractivity contribution in [1.29, 1.82) is 0 Å². The molecule has 0 N–H and O–H groups in total. The molecule has 8 heteroatoms. The second kappa shape index (κ2) is 9.21. The molecule has 0 bridgehead atoms. The highest BCUT2D eigenvalue weighted by atomic mass is 32.2. The van der Waals surface area contributed by atoms with Crippen LogP contribution < -0.4 is 9.64 Å². The van der Waals surface area contributed by atoms with Crippen molar-refractivity contribution in [3.63, 3.8) is 0 Å². The second-order valence-electron chi connectivity index (χ2n) is 6.96. The van der Waals surface area contributed by atoms with Crippen molar-refractivity contribution < 1.29 is 9.53 Å². The standard InChI is InChI=1S/C22H23N5O2S/c1-3-4-7-14-30-22-24-20-19(25-26-22)17-8-5-6-9-18(17)27(15(2)28)21(29-20)16-10-12-23-13-11-16/h5-6,8-13,21H,3-4,7,14H2,1-2H3/t21-/m0/s1. The third kappa shape index (κ3) is 4.14. The summed E-state index contributed by atoms with van der Waals surface area (Å²) < 4.78 is 6.32. The number of carbonyl (C=O) groups is 1. The second-order valence-corrected chi connectivity index (χ2v) is 8.02. The van der Waals surface area contributed by atoms with E-state index in [9.17, 15) is 4.79 Å². The third-order valence-electron chi connectivity index (χ3n) is 4.82. The minimum absolute atomic E-state index is 0.140. The van der Waals surface area contributed by atoms with Gasteiger partial charge in [0, 0.05) is 36.2 Å². The quantitative estimate of drug-likeness (QED) is 0.423. The van der Waals surface area contributed by atoms with E-state index < -0.39 is 6.23 Å². The van der Waals surface area contributed by atoms with Crippen LogP contribution in [0.25, 0.3) is 11.3 Å². The van der Waals surface area contributed by atoms with Crippen molar-refractivity contribution in [1.82, 2.24) is 20.2 Å². The molecule has 1 aliphatic rings. The SMILES string of the molecule is CCCCCSc1nnc2c(n1)O[C@@H](c1ccncc1)N(C(C)=O)c1ccccc1-2. The fraction of sp³-hybridized carbons (Fsp3) is 0.318. The fourth-order valence-electron chi connectivity index (χ4n) is 3.37. The highest BCUT2D eigenvalue weighted by Gasteiger charge is 2.34. The summed E-state index contributed by atoms with van der Waals surface area (Å²) in [5.41, 5.74) is 2.82. The van der Waals surface area contributed by atoms with Crippen LogP contribution in [0.2, 0.25) is 0 Å². The first-order chi connectivity index (χ1) is 14.7. The molecule has 4 rings (SSSR count). The topological polar surface area (TPSA) is 81.1 Å². The van der Waals surface area contributed by atoms with Gasteiger partial charge >= 0.3 is 0 Å². The predicted octanol–water partition coefficient (Wildman–Crippen LogP) is 4.66. The summed E-state index contributed by atoms with van der Waals surface area (Å²) in [6.45, 7) is 3.70. The lowest BCUT2D eigenvalue weighted by Crippen LogP contribution is -2.36.